The Hall–Kier alpha value is -2.53. The minimum Gasteiger partial charge on any atom is -0.477 e. The predicted molar refractivity (Wildman–Crippen MR) is 288 cm³/mol. The van der Waals surface area contributed by atoms with Gasteiger partial charge in [-0.25, -0.2) is 4.79 Å². The molecule has 18 atom stereocenters. The fourth-order valence-corrected chi connectivity index (χ4v) is 10.4. The molecule has 3 rings (SSSR count). The van der Waals surface area contributed by atoms with E-state index in [2.05, 4.69) is 24.5 Å². The molecule has 18 unspecified atom stereocenters. The lowest BCUT2D eigenvalue weighted by atomic mass is 9.88. The minimum atomic E-state index is -3.08. The number of carboxylic acid groups (broad SMARTS) is 1. The number of hydrogen-bond acceptors (Lipinski definition) is 20. The molecule has 2 amide bonds. The lowest BCUT2D eigenvalue weighted by molar-refractivity contribution is -0.386. The highest BCUT2D eigenvalue weighted by atomic mass is 16.8. The molecule has 3 aliphatic rings. The number of aliphatic hydroxyl groups is 11. The number of allylic oxidation sites excluding steroid dienone is 1. The van der Waals surface area contributed by atoms with Crippen molar-refractivity contribution in [1.82, 2.24) is 10.6 Å². The first-order chi connectivity index (χ1) is 37.9. The molecule has 3 heterocycles. The Balaban J connectivity index is 1.69. The van der Waals surface area contributed by atoms with E-state index in [1.54, 1.807) is 6.08 Å². The molecule has 14 N–H and O–H groups in total. The zero-order valence-corrected chi connectivity index (χ0v) is 47.2. The van der Waals surface area contributed by atoms with Gasteiger partial charge < -0.3 is 100 Å². The van der Waals surface area contributed by atoms with Gasteiger partial charge in [-0.2, -0.15) is 0 Å². The first-order valence-corrected chi connectivity index (χ1v) is 29.6. The number of hydrogen-bond donors (Lipinski definition) is 14. The molecular weight excluding hydrogens is 1040 g/mol. The molecule has 0 aromatic rings. The Kier molecular flexibility index (Phi) is 35.0. The smallest absolute Gasteiger partial charge is 0.364 e. The second-order valence-electron chi connectivity index (χ2n) is 21.9. The van der Waals surface area contributed by atoms with Crippen molar-refractivity contribution in [3.8, 4) is 0 Å². The van der Waals surface area contributed by atoms with Gasteiger partial charge in [0.2, 0.25) is 11.8 Å². The molecule has 79 heavy (non-hydrogen) atoms. The van der Waals surface area contributed by atoms with E-state index in [1.165, 1.54) is 96.3 Å². The summed E-state index contributed by atoms with van der Waals surface area (Å²) in [6.07, 6.45) is 1.49. The Bertz CT molecular complexity index is 1680. The fraction of sp³-hybridized carbons (Fsp3) is 0.911. The van der Waals surface area contributed by atoms with Gasteiger partial charge in [0.05, 0.1) is 50.7 Å². The number of aliphatic hydroxyl groups excluding tert-OH is 11. The number of amides is 2. The second-order valence-corrected chi connectivity index (χ2v) is 21.9. The van der Waals surface area contributed by atoms with Gasteiger partial charge >= 0.3 is 5.97 Å². The number of carbonyl (C=O) groups excluding carboxylic acids is 2. The van der Waals surface area contributed by atoms with Crippen LogP contribution in [0.2, 0.25) is 0 Å². The molecule has 0 aromatic heterocycles. The summed E-state index contributed by atoms with van der Waals surface area (Å²) < 4.78 is 34.6. The van der Waals surface area contributed by atoms with Crippen LogP contribution in [0.15, 0.2) is 12.2 Å². The quantitative estimate of drug-likeness (QED) is 0.0307. The summed E-state index contributed by atoms with van der Waals surface area (Å²) in [5, 5.41) is 135. The molecule has 0 aliphatic carbocycles. The minimum absolute atomic E-state index is 0.203. The first-order valence-electron chi connectivity index (χ1n) is 29.6. The summed E-state index contributed by atoms with van der Waals surface area (Å²) in [6.45, 7) is 2.07. The van der Waals surface area contributed by atoms with Crippen molar-refractivity contribution in [2.45, 2.75) is 298 Å². The van der Waals surface area contributed by atoms with Crippen molar-refractivity contribution in [3.05, 3.63) is 12.2 Å². The second kappa shape index (κ2) is 39.1. The van der Waals surface area contributed by atoms with Gasteiger partial charge in [0, 0.05) is 19.8 Å². The number of unbranched alkanes of at least 4 members (excludes halogenated alkanes) is 22. The van der Waals surface area contributed by atoms with E-state index in [1.807, 2.05) is 6.08 Å². The average molecular weight is 1140 g/mol. The molecule has 3 saturated heterocycles. The third-order valence-electron chi connectivity index (χ3n) is 15.2. The lowest BCUT2D eigenvalue weighted by Gasteiger charge is -2.50. The molecule has 0 saturated carbocycles. The van der Waals surface area contributed by atoms with Crippen LogP contribution in [-0.2, 0) is 42.8 Å². The molecule has 3 fully saturated rings. The monoisotopic (exact) mass is 1140 g/mol. The lowest BCUT2D eigenvalue weighted by Crippen LogP contribution is -2.70. The Morgan fingerprint density at radius 1 is 0.658 bits per heavy atom. The van der Waals surface area contributed by atoms with Crippen molar-refractivity contribution < 1.29 is 104 Å². The molecule has 462 valence electrons. The van der Waals surface area contributed by atoms with Crippen LogP contribution in [0, 0.1) is 0 Å². The van der Waals surface area contributed by atoms with E-state index in [0.717, 1.165) is 51.9 Å². The van der Waals surface area contributed by atoms with Crippen LogP contribution in [0.25, 0.3) is 0 Å². The average Bonchev–Trinajstić information content (AvgIpc) is 3.52. The molecular formula is C56H102N2O21. The van der Waals surface area contributed by atoms with Crippen LogP contribution >= 0.6 is 0 Å². The van der Waals surface area contributed by atoms with E-state index in [9.17, 15) is 75.7 Å². The van der Waals surface area contributed by atoms with E-state index in [4.69, 9.17) is 28.4 Å². The molecule has 3 aliphatic heterocycles. The van der Waals surface area contributed by atoms with Gasteiger partial charge in [0.1, 0.15) is 67.1 Å². The van der Waals surface area contributed by atoms with Gasteiger partial charge in [0.25, 0.3) is 5.79 Å². The van der Waals surface area contributed by atoms with Gasteiger partial charge in [-0.15, -0.1) is 0 Å². The van der Waals surface area contributed by atoms with Crippen molar-refractivity contribution in [3.63, 3.8) is 0 Å². The summed E-state index contributed by atoms with van der Waals surface area (Å²) in [4.78, 5) is 38.3. The first kappa shape index (κ1) is 70.7. The van der Waals surface area contributed by atoms with Crippen LogP contribution in [0.1, 0.15) is 188 Å². The molecule has 0 spiro atoms. The molecule has 0 radical (unpaired) electrons. The van der Waals surface area contributed by atoms with Crippen LogP contribution in [-0.4, -0.2) is 215 Å². The number of carboxylic acids is 1. The Labute approximate surface area is 467 Å². The maximum atomic E-state index is 13.3. The topological polar surface area (TPSA) is 373 Å². The highest BCUT2D eigenvalue weighted by molar-refractivity contribution is 5.77. The maximum Gasteiger partial charge on any atom is 0.364 e. The highest BCUT2D eigenvalue weighted by Gasteiger charge is 2.60. The van der Waals surface area contributed by atoms with Gasteiger partial charge in [-0.3, -0.25) is 9.59 Å². The van der Waals surface area contributed by atoms with Crippen molar-refractivity contribution >= 4 is 17.8 Å². The summed E-state index contributed by atoms with van der Waals surface area (Å²) in [5.41, 5.74) is 0. The van der Waals surface area contributed by atoms with Crippen molar-refractivity contribution in [2.75, 3.05) is 26.4 Å². The van der Waals surface area contributed by atoms with E-state index in [0.29, 0.717) is 12.8 Å². The van der Waals surface area contributed by atoms with E-state index in [-0.39, 0.29) is 12.3 Å². The van der Waals surface area contributed by atoms with Gasteiger partial charge in [-0.1, -0.05) is 161 Å². The zero-order chi connectivity index (χ0) is 58.3. The van der Waals surface area contributed by atoms with Crippen LogP contribution in [0.5, 0.6) is 0 Å². The largest absolute Gasteiger partial charge is 0.477 e. The fourth-order valence-electron chi connectivity index (χ4n) is 10.4. The summed E-state index contributed by atoms with van der Waals surface area (Å²) >= 11 is 0. The zero-order valence-electron chi connectivity index (χ0n) is 47.2. The third kappa shape index (κ3) is 23.9. The Morgan fingerprint density at radius 3 is 1.68 bits per heavy atom. The van der Waals surface area contributed by atoms with E-state index < -0.39 is 155 Å². The number of carbonyl (C=O) groups is 3. The van der Waals surface area contributed by atoms with Gasteiger partial charge in [-0.05, 0) is 19.3 Å². The van der Waals surface area contributed by atoms with E-state index >= 15 is 0 Å². The standard InChI is InChI=1S/C56H102N2O21/c1-4-6-8-10-12-14-16-18-20-22-24-26-28-30-43(66)58-37(38(63)29-27-25-23-21-19-17-15-13-11-9-7-5-2)35-74-53-48(70)47(69)50(42(34-61)76-53)77-54-49(71)52(46(68)41(33-60)75-54)79-56(55(72)73)31-39(64)44(57-36(3)62)51(78-56)45(67)40(65)32-59/h27,29,37-42,44-54,59-61,63-65,67-71H,4-26,28,30-35H2,1-3H3,(H,57,62)(H,58,66)(H,72,73)/b29-27+. The molecule has 23 heteroatoms. The normalized spacial score (nSPS) is 30.9. The van der Waals surface area contributed by atoms with Crippen LogP contribution < -0.4 is 10.6 Å². The molecule has 0 bridgehead atoms. The molecule has 0 aromatic carbocycles. The number of nitrogens with one attached hydrogen (secondary N) is 2. The van der Waals surface area contributed by atoms with Crippen molar-refractivity contribution in [2.24, 2.45) is 0 Å². The SMILES string of the molecule is CCCCCCCCCCCC/C=C/C(O)C(COC1OC(CO)C(OC2OC(CO)C(O)C(OC3(C(=O)O)CC(O)C(NC(C)=O)C(C(O)C(O)CO)O3)C2O)C(O)C1O)NC(=O)CCCCCCCCCCCCCCC. The van der Waals surface area contributed by atoms with Crippen LogP contribution in [0.3, 0.4) is 0 Å². The third-order valence-corrected chi connectivity index (χ3v) is 15.2. The summed E-state index contributed by atoms with van der Waals surface area (Å²) in [5.74, 6) is -6.14. The summed E-state index contributed by atoms with van der Waals surface area (Å²) in [7, 11) is 0. The highest BCUT2D eigenvalue weighted by Crippen LogP contribution is 2.38. The van der Waals surface area contributed by atoms with Crippen LogP contribution in [0.4, 0.5) is 0 Å². The molecule has 23 nitrogen and oxygen atoms in total. The number of aliphatic carboxylic acids is 1. The van der Waals surface area contributed by atoms with Gasteiger partial charge in [0.15, 0.2) is 12.6 Å². The number of rotatable bonds is 42. The number of ether oxygens (including phenoxy) is 6. The predicted octanol–water partition coefficient (Wildman–Crippen LogP) is 2.00. The maximum absolute atomic E-state index is 13.3. The van der Waals surface area contributed by atoms with Crippen molar-refractivity contribution in [1.29, 1.82) is 0 Å². The summed E-state index contributed by atoms with van der Waals surface area (Å²) in [6, 6.07) is -2.61. The Morgan fingerprint density at radius 2 is 1.18 bits per heavy atom.